The molecule has 1 saturated carbocycles. The van der Waals surface area contributed by atoms with Crippen LogP contribution in [0.2, 0.25) is 0 Å². The average molecular weight is 258 g/mol. The highest BCUT2D eigenvalue weighted by Gasteiger charge is 2.31. The lowest BCUT2D eigenvalue weighted by Gasteiger charge is -2.38. The molecule has 1 N–H and O–H groups in total. The monoisotopic (exact) mass is 258 g/mol. The van der Waals surface area contributed by atoms with Crippen molar-refractivity contribution in [2.75, 3.05) is 18.0 Å². The molecule has 0 bridgehead atoms. The summed E-state index contributed by atoms with van der Waals surface area (Å²) in [5.74, 6) is 0.923. The quantitative estimate of drug-likeness (QED) is 0.891. The van der Waals surface area contributed by atoms with E-state index in [1.165, 1.54) is 43.5 Å². The smallest absolute Gasteiger partial charge is 0.0412 e. The molecule has 1 aromatic carbocycles. The lowest BCUT2D eigenvalue weighted by molar-refractivity contribution is 0.297. The fraction of sp³-hybridized carbons (Fsp3) is 0.647. The lowest BCUT2D eigenvalue weighted by atomic mass is 9.84. The highest BCUT2D eigenvalue weighted by atomic mass is 15.2. The van der Waals surface area contributed by atoms with E-state index in [9.17, 15) is 0 Å². The van der Waals surface area contributed by atoms with Crippen LogP contribution in [-0.2, 0) is 6.54 Å². The van der Waals surface area contributed by atoms with Crippen molar-refractivity contribution >= 4 is 5.69 Å². The van der Waals surface area contributed by atoms with Crippen molar-refractivity contribution in [3.8, 4) is 0 Å². The normalized spacial score (nSPS) is 27.6. The van der Waals surface area contributed by atoms with Gasteiger partial charge in [-0.05, 0) is 43.7 Å². The van der Waals surface area contributed by atoms with E-state index in [0.29, 0.717) is 0 Å². The lowest BCUT2D eigenvalue weighted by Crippen LogP contribution is -2.50. The van der Waals surface area contributed by atoms with Crippen molar-refractivity contribution in [1.29, 1.82) is 0 Å². The average Bonchev–Trinajstić information content (AvgIpc) is 2.53. The van der Waals surface area contributed by atoms with E-state index < -0.39 is 0 Å². The number of benzene rings is 1. The van der Waals surface area contributed by atoms with Gasteiger partial charge in [0.15, 0.2) is 0 Å². The Morgan fingerprint density at radius 3 is 2.79 bits per heavy atom. The third-order valence-electron chi connectivity index (χ3n) is 5.06. The number of rotatable bonds is 3. The topological polar surface area (TPSA) is 15.3 Å². The fourth-order valence-corrected chi connectivity index (χ4v) is 3.23. The van der Waals surface area contributed by atoms with Gasteiger partial charge in [0.25, 0.3) is 0 Å². The third-order valence-corrected chi connectivity index (χ3v) is 5.06. The SMILES string of the molecule is CCC1(C)CN(CC2CCC2)c2ccccc2CN1. The molecule has 2 aliphatic rings. The second-order valence-electron chi connectivity index (χ2n) is 6.57. The number of nitrogens with zero attached hydrogens (tertiary/aromatic N) is 1. The first-order valence-corrected chi connectivity index (χ1v) is 7.78. The van der Waals surface area contributed by atoms with Gasteiger partial charge >= 0.3 is 0 Å². The van der Waals surface area contributed by atoms with Gasteiger partial charge in [0.2, 0.25) is 0 Å². The highest BCUT2D eigenvalue weighted by Crippen LogP contribution is 2.33. The Morgan fingerprint density at radius 2 is 2.11 bits per heavy atom. The summed E-state index contributed by atoms with van der Waals surface area (Å²) in [6, 6.07) is 8.92. The van der Waals surface area contributed by atoms with Gasteiger partial charge in [-0.25, -0.2) is 0 Å². The standard InChI is InChI=1S/C17H26N2/c1-3-17(2)13-19(12-14-7-6-8-14)16-10-5-4-9-15(16)11-18-17/h4-5,9-10,14,18H,3,6-8,11-13H2,1-2H3. The van der Waals surface area contributed by atoms with Crippen LogP contribution in [0.15, 0.2) is 24.3 Å². The number of hydrogen-bond acceptors (Lipinski definition) is 2. The molecule has 1 aromatic rings. The van der Waals surface area contributed by atoms with Crippen LogP contribution in [-0.4, -0.2) is 18.6 Å². The molecule has 0 spiro atoms. The van der Waals surface area contributed by atoms with Crippen LogP contribution in [0.4, 0.5) is 5.69 Å². The Bertz CT molecular complexity index is 439. The van der Waals surface area contributed by atoms with Crippen molar-refractivity contribution < 1.29 is 0 Å². The summed E-state index contributed by atoms with van der Waals surface area (Å²) in [6.07, 6.45) is 5.47. The first-order chi connectivity index (χ1) is 9.20. The zero-order valence-corrected chi connectivity index (χ0v) is 12.3. The molecule has 1 atom stereocenters. The summed E-state index contributed by atoms with van der Waals surface area (Å²) >= 11 is 0. The first kappa shape index (κ1) is 13.0. The molecule has 1 aliphatic heterocycles. The molecule has 19 heavy (non-hydrogen) atoms. The van der Waals surface area contributed by atoms with E-state index in [0.717, 1.165) is 19.0 Å². The van der Waals surface area contributed by atoms with Crippen LogP contribution in [0, 0.1) is 5.92 Å². The molecule has 2 heteroatoms. The Hall–Kier alpha value is -1.02. The summed E-state index contributed by atoms with van der Waals surface area (Å²) < 4.78 is 0. The summed E-state index contributed by atoms with van der Waals surface area (Å²) in [7, 11) is 0. The first-order valence-electron chi connectivity index (χ1n) is 7.78. The number of para-hydroxylation sites is 1. The van der Waals surface area contributed by atoms with E-state index in [1.54, 1.807) is 0 Å². The minimum absolute atomic E-state index is 0.239. The fourth-order valence-electron chi connectivity index (χ4n) is 3.23. The second kappa shape index (κ2) is 5.16. The molecule has 104 valence electrons. The molecule has 0 amide bonds. The molecule has 1 fully saturated rings. The minimum atomic E-state index is 0.239. The van der Waals surface area contributed by atoms with E-state index in [4.69, 9.17) is 0 Å². The number of anilines is 1. The number of hydrogen-bond donors (Lipinski definition) is 1. The van der Waals surface area contributed by atoms with E-state index in [-0.39, 0.29) is 5.54 Å². The van der Waals surface area contributed by atoms with E-state index in [2.05, 4.69) is 48.3 Å². The second-order valence-corrected chi connectivity index (χ2v) is 6.57. The number of nitrogens with one attached hydrogen (secondary N) is 1. The van der Waals surface area contributed by atoms with Gasteiger partial charge in [0.05, 0.1) is 0 Å². The molecular formula is C17H26N2. The van der Waals surface area contributed by atoms with Gasteiger partial charge in [-0.1, -0.05) is 31.5 Å². The van der Waals surface area contributed by atoms with Crippen LogP contribution in [0.5, 0.6) is 0 Å². The van der Waals surface area contributed by atoms with Crippen molar-refractivity contribution in [1.82, 2.24) is 5.32 Å². The van der Waals surface area contributed by atoms with Gasteiger partial charge in [-0.3, -0.25) is 0 Å². The predicted molar refractivity (Wildman–Crippen MR) is 81.5 cm³/mol. The molecule has 1 aliphatic carbocycles. The molecule has 0 aromatic heterocycles. The van der Waals surface area contributed by atoms with Crippen LogP contribution >= 0.6 is 0 Å². The van der Waals surface area contributed by atoms with Gasteiger partial charge in [-0.2, -0.15) is 0 Å². The highest BCUT2D eigenvalue weighted by molar-refractivity contribution is 5.55. The molecular weight excluding hydrogens is 232 g/mol. The zero-order chi connectivity index (χ0) is 13.3. The van der Waals surface area contributed by atoms with Gasteiger partial charge < -0.3 is 10.2 Å². The molecule has 3 rings (SSSR count). The third kappa shape index (κ3) is 2.64. The Labute approximate surface area is 117 Å². The van der Waals surface area contributed by atoms with Gasteiger partial charge in [-0.15, -0.1) is 0 Å². The summed E-state index contributed by atoms with van der Waals surface area (Å²) in [5.41, 5.74) is 3.15. The zero-order valence-electron chi connectivity index (χ0n) is 12.3. The molecule has 2 nitrogen and oxygen atoms in total. The maximum atomic E-state index is 3.76. The van der Waals surface area contributed by atoms with Gasteiger partial charge in [0, 0.05) is 30.9 Å². The molecule has 1 heterocycles. The Kier molecular flexibility index (Phi) is 3.53. The van der Waals surface area contributed by atoms with Crippen LogP contribution in [0.25, 0.3) is 0 Å². The van der Waals surface area contributed by atoms with Crippen molar-refractivity contribution in [3.63, 3.8) is 0 Å². The van der Waals surface area contributed by atoms with Crippen LogP contribution in [0.3, 0.4) is 0 Å². The summed E-state index contributed by atoms with van der Waals surface area (Å²) in [6.45, 7) is 8.05. The Morgan fingerprint density at radius 1 is 1.32 bits per heavy atom. The predicted octanol–water partition coefficient (Wildman–Crippen LogP) is 3.57. The van der Waals surface area contributed by atoms with Crippen molar-refractivity contribution in [3.05, 3.63) is 29.8 Å². The van der Waals surface area contributed by atoms with Crippen LogP contribution in [0.1, 0.15) is 45.1 Å². The summed E-state index contributed by atoms with van der Waals surface area (Å²) in [5, 5.41) is 3.76. The van der Waals surface area contributed by atoms with Gasteiger partial charge in [0.1, 0.15) is 0 Å². The Balaban J connectivity index is 1.87. The van der Waals surface area contributed by atoms with Crippen molar-refractivity contribution in [2.45, 2.75) is 51.6 Å². The minimum Gasteiger partial charge on any atom is -0.369 e. The largest absolute Gasteiger partial charge is 0.369 e. The van der Waals surface area contributed by atoms with E-state index >= 15 is 0 Å². The summed E-state index contributed by atoms with van der Waals surface area (Å²) in [4.78, 5) is 2.64. The maximum Gasteiger partial charge on any atom is 0.0412 e. The van der Waals surface area contributed by atoms with Crippen molar-refractivity contribution in [2.24, 2.45) is 5.92 Å². The maximum absolute atomic E-state index is 3.76. The molecule has 1 unspecified atom stereocenters. The molecule has 0 saturated heterocycles. The molecule has 0 radical (unpaired) electrons. The van der Waals surface area contributed by atoms with E-state index in [1.807, 2.05) is 0 Å². The number of fused-ring (bicyclic) bond motifs is 1. The van der Waals surface area contributed by atoms with Crippen LogP contribution < -0.4 is 10.2 Å².